The molecule has 0 fully saturated rings. The Labute approximate surface area is 202 Å². The van der Waals surface area contributed by atoms with Gasteiger partial charge in [0.05, 0.1) is 23.5 Å². The third-order valence-corrected chi connectivity index (χ3v) is 5.98. The molecule has 0 aliphatic heterocycles. The van der Waals surface area contributed by atoms with Crippen LogP contribution in [-0.4, -0.2) is 84.1 Å². The number of aliphatic hydroxyl groups is 1. The summed E-state index contributed by atoms with van der Waals surface area (Å²) in [6.07, 6.45) is 4.25. The smallest absolute Gasteiger partial charge is 0.340 e. The van der Waals surface area contributed by atoms with Crippen LogP contribution < -0.4 is 0 Å². The molecule has 0 aliphatic rings. The molecule has 7 heteroatoms. The third-order valence-electron chi connectivity index (χ3n) is 5.98. The molecule has 0 aromatic carbocycles. The topological polar surface area (TPSA) is 85.9 Å². The monoisotopic (exact) mass is 469 g/mol. The molecular formula is C26H51N3O4. The number of H-pyrrole nitrogens is 1. The Bertz CT molecular complexity index is 675. The Morgan fingerprint density at radius 1 is 1.12 bits per heavy atom. The van der Waals surface area contributed by atoms with E-state index in [1.807, 2.05) is 6.92 Å². The molecule has 1 aromatic heterocycles. The number of rotatable bonds is 14. The van der Waals surface area contributed by atoms with Gasteiger partial charge in [0.25, 0.3) is 0 Å². The van der Waals surface area contributed by atoms with Crippen molar-refractivity contribution in [1.82, 2.24) is 14.8 Å². The number of nitrogens with one attached hydrogen (secondary N) is 1. The predicted octanol–water partition coefficient (Wildman–Crippen LogP) is 4.71. The first-order chi connectivity index (χ1) is 15.2. The molecule has 0 aliphatic carbocycles. The molecule has 7 nitrogen and oxygen atoms in total. The van der Waals surface area contributed by atoms with Crippen molar-refractivity contribution in [3.8, 4) is 0 Å². The van der Waals surface area contributed by atoms with Gasteiger partial charge in [0, 0.05) is 18.8 Å². The van der Waals surface area contributed by atoms with Gasteiger partial charge in [0.15, 0.2) is 6.29 Å². The summed E-state index contributed by atoms with van der Waals surface area (Å²) >= 11 is 0. The highest BCUT2D eigenvalue weighted by atomic mass is 16.5. The summed E-state index contributed by atoms with van der Waals surface area (Å²) in [6.45, 7) is 19.3. The molecule has 0 bridgehead atoms. The van der Waals surface area contributed by atoms with Gasteiger partial charge in [-0.25, -0.2) is 4.79 Å². The fourth-order valence-electron chi connectivity index (χ4n) is 3.55. The number of aldehydes is 1. The number of aromatic amines is 1. The van der Waals surface area contributed by atoms with Gasteiger partial charge in [0.2, 0.25) is 0 Å². The summed E-state index contributed by atoms with van der Waals surface area (Å²) in [5, 5.41) is 10.6. The average molecular weight is 470 g/mol. The first-order valence-electron chi connectivity index (χ1n) is 12.1. The van der Waals surface area contributed by atoms with Crippen LogP contribution in [0.25, 0.3) is 0 Å². The Balaban J connectivity index is 0. The molecule has 0 saturated heterocycles. The van der Waals surface area contributed by atoms with Crippen molar-refractivity contribution in [3.05, 3.63) is 22.5 Å². The lowest BCUT2D eigenvalue weighted by Crippen LogP contribution is -2.44. The number of carbonyl (C=O) groups excluding carboxylic acids is 2. The second-order valence-electron chi connectivity index (χ2n) is 8.30. The lowest BCUT2D eigenvalue weighted by Gasteiger charge is -2.34. The average Bonchev–Trinajstić information content (AvgIpc) is 3.13. The van der Waals surface area contributed by atoms with Crippen LogP contribution in [0, 0.1) is 6.92 Å². The van der Waals surface area contributed by atoms with E-state index in [0.717, 1.165) is 64.0 Å². The van der Waals surface area contributed by atoms with Gasteiger partial charge in [-0.3, -0.25) is 4.79 Å². The van der Waals surface area contributed by atoms with Crippen molar-refractivity contribution < 1.29 is 19.4 Å². The van der Waals surface area contributed by atoms with Crippen LogP contribution in [0.3, 0.4) is 0 Å². The van der Waals surface area contributed by atoms with Crippen molar-refractivity contribution in [2.45, 2.75) is 87.2 Å². The predicted molar refractivity (Wildman–Crippen MR) is 138 cm³/mol. The third kappa shape index (κ3) is 11.3. The van der Waals surface area contributed by atoms with E-state index in [1.54, 1.807) is 13.8 Å². The van der Waals surface area contributed by atoms with Crippen LogP contribution in [0.15, 0.2) is 0 Å². The van der Waals surface area contributed by atoms with Crippen molar-refractivity contribution in [3.63, 3.8) is 0 Å². The maximum atomic E-state index is 11.6. The number of ether oxygens (including phenoxy) is 1. The second kappa shape index (κ2) is 17.7. The zero-order chi connectivity index (χ0) is 24.7. The molecule has 194 valence electrons. The van der Waals surface area contributed by atoms with Gasteiger partial charge in [-0.1, -0.05) is 42.0 Å². The minimum atomic E-state index is -0.519. The van der Waals surface area contributed by atoms with Crippen LogP contribution in [0.4, 0.5) is 0 Å². The maximum absolute atomic E-state index is 11.6. The summed E-state index contributed by atoms with van der Waals surface area (Å²) in [5.41, 5.74) is 1.86. The molecule has 0 radical (unpaired) electrons. The lowest BCUT2D eigenvalue weighted by molar-refractivity contribution is -0.0115. The maximum Gasteiger partial charge on any atom is 0.340 e. The first-order valence-corrected chi connectivity index (χ1v) is 12.1. The Morgan fingerprint density at radius 3 is 2.18 bits per heavy atom. The number of likely N-dealkylation sites (N-methyl/N-ethyl adjacent to an activating group) is 1. The van der Waals surface area contributed by atoms with Gasteiger partial charge in [-0.2, -0.15) is 0 Å². The molecule has 33 heavy (non-hydrogen) atoms. The van der Waals surface area contributed by atoms with Gasteiger partial charge < -0.3 is 24.6 Å². The van der Waals surface area contributed by atoms with E-state index in [2.05, 4.69) is 49.5 Å². The molecule has 0 saturated carbocycles. The van der Waals surface area contributed by atoms with Crippen LogP contribution in [-0.2, 0) is 11.2 Å². The molecule has 0 spiro atoms. The summed E-state index contributed by atoms with van der Waals surface area (Å²) in [7, 11) is 2.11. The Kier molecular flexibility index (Phi) is 18.0. The number of hydrogen-bond acceptors (Lipinski definition) is 6. The van der Waals surface area contributed by atoms with E-state index in [-0.39, 0.29) is 13.4 Å². The van der Waals surface area contributed by atoms with Crippen molar-refractivity contribution in [1.29, 1.82) is 0 Å². The standard InChI is InChI=1S/C14H32N2O.C11H15NO3.CH4/c1-6-11-16(9-4)13-14(17,7-2)10-12-15(5)8-3;1-4-8-10(11(14)15-5-2)7(3)9(6-13)12-8;/h17H,6-13H2,1-5H3;6,12H,4-5H2,1-3H3;1H4. The number of carbonyl (C=O) groups is 2. The molecule has 1 atom stereocenters. The minimum Gasteiger partial charge on any atom is -0.462 e. The number of nitrogens with zero attached hydrogens (tertiary/aromatic N) is 2. The number of aryl methyl sites for hydroxylation is 1. The molecule has 1 unspecified atom stereocenters. The van der Waals surface area contributed by atoms with Crippen LogP contribution in [0.1, 0.15) is 100 Å². The van der Waals surface area contributed by atoms with E-state index >= 15 is 0 Å². The van der Waals surface area contributed by atoms with Gasteiger partial charge in [0.1, 0.15) is 0 Å². The molecule has 1 aromatic rings. The number of aromatic nitrogens is 1. The molecule has 2 N–H and O–H groups in total. The summed E-state index contributed by atoms with van der Waals surface area (Å²) in [6, 6.07) is 0. The van der Waals surface area contributed by atoms with Gasteiger partial charge >= 0.3 is 5.97 Å². The highest BCUT2D eigenvalue weighted by Crippen LogP contribution is 2.19. The van der Waals surface area contributed by atoms with E-state index < -0.39 is 5.60 Å². The summed E-state index contributed by atoms with van der Waals surface area (Å²) in [4.78, 5) is 29.9. The first kappa shape index (κ1) is 33.5. The van der Waals surface area contributed by atoms with Crippen molar-refractivity contribution >= 4 is 12.3 Å². The van der Waals surface area contributed by atoms with E-state index in [9.17, 15) is 14.7 Å². The highest BCUT2D eigenvalue weighted by molar-refractivity contribution is 5.95. The quantitative estimate of drug-likeness (QED) is 0.303. The van der Waals surface area contributed by atoms with Gasteiger partial charge in [-0.15, -0.1) is 0 Å². The Hall–Kier alpha value is -1.70. The highest BCUT2D eigenvalue weighted by Gasteiger charge is 2.27. The lowest BCUT2D eigenvalue weighted by atomic mass is 9.95. The Morgan fingerprint density at radius 2 is 1.76 bits per heavy atom. The summed E-state index contributed by atoms with van der Waals surface area (Å²) in [5.74, 6) is -0.365. The van der Waals surface area contributed by atoms with Crippen LogP contribution in [0.2, 0.25) is 0 Å². The van der Waals surface area contributed by atoms with Crippen molar-refractivity contribution in [2.24, 2.45) is 0 Å². The fourth-order valence-corrected chi connectivity index (χ4v) is 3.55. The SMILES string of the molecule is C.CCCN(CC)CC(O)(CC)CCN(C)CC.CCOC(=O)c1c(CC)[nH]c(C=O)c1C. The summed E-state index contributed by atoms with van der Waals surface area (Å²) < 4.78 is 4.93. The van der Waals surface area contributed by atoms with Crippen LogP contribution >= 0.6 is 0 Å². The zero-order valence-electron chi connectivity index (χ0n) is 21.7. The normalized spacial score (nSPS) is 12.6. The zero-order valence-corrected chi connectivity index (χ0v) is 21.7. The number of esters is 1. The molecular weight excluding hydrogens is 418 g/mol. The largest absolute Gasteiger partial charge is 0.462 e. The van der Waals surface area contributed by atoms with Gasteiger partial charge in [-0.05, 0) is 71.8 Å². The van der Waals surface area contributed by atoms with E-state index in [1.165, 1.54) is 0 Å². The van der Waals surface area contributed by atoms with Crippen molar-refractivity contribution in [2.75, 3.05) is 46.4 Å². The van der Waals surface area contributed by atoms with E-state index in [4.69, 9.17) is 4.74 Å². The fraction of sp³-hybridized carbons (Fsp3) is 0.769. The molecule has 1 rings (SSSR count). The number of hydrogen-bond donors (Lipinski definition) is 2. The molecule has 0 amide bonds. The second-order valence-corrected chi connectivity index (χ2v) is 8.30. The van der Waals surface area contributed by atoms with Crippen LogP contribution in [0.5, 0.6) is 0 Å². The minimum absolute atomic E-state index is 0. The van der Waals surface area contributed by atoms with E-state index in [0.29, 0.717) is 29.8 Å². The molecule has 1 heterocycles.